The summed E-state index contributed by atoms with van der Waals surface area (Å²) >= 11 is 1.54. The average Bonchev–Trinajstić information content (AvgIpc) is 2.45. The van der Waals surface area contributed by atoms with Crippen LogP contribution in [0.25, 0.3) is 0 Å². The maximum atomic E-state index is 12.9. The molecule has 1 rings (SSSR count). The lowest BCUT2D eigenvalue weighted by atomic mass is 9.99. The number of aliphatic carboxylic acids is 1. The molecule has 2 atom stereocenters. The highest BCUT2D eigenvalue weighted by Gasteiger charge is 2.25. The van der Waals surface area contributed by atoms with Gasteiger partial charge in [0.15, 0.2) is 0 Å². The van der Waals surface area contributed by atoms with Crippen LogP contribution in [0.15, 0.2) is 24.3 Å². The van der Waals surface area contributed by atoms with Crippen LogP contribution < -0.4 is 5.32 Å². The lowest BCUT2D eigenvalue weighted by molar-refractivity contribution is -0.138. The lowest BCUT2D eigenvalue weighted by Crippen LogP contribution is -2.39. The van der Waals surface area contributed by atoms with Crippen LogP contribution in [0, 0.1) is 11.7 Å². The van der Waals surface area contributed by atoms with E-state index >= 15 is 0 Å². The largest absolute Gasteiger partial charge is 0.481 e. The molecular formula is C16H22FNO3S. The summed E-state index contributed by atoms with van der Waals surface area (Å²) in [6.45, 7) is 5.89. The molecule has 1 aromatic carbocycles. The number of nitrogens with one attached hydrogen (secondary N) is 1. The smallest absolute Gasteiger partial charge is 0.312 e. The third-order valence-electron chi connectivity index (χ3n) is 3.26. The van der Waals surface area contributed by atoms with Crippen LogP contribution in [0.4, 0.5) is 4.39 Å². The van der Waals surface area contributed by atoms with Gasteiger partial charge in [-0.25, -0.2) is 4.39 Å². The second-order valence-corrected chi connectivity index (χ2v) is 6.73. The molecule has 2 N–H and O–H groups in total. The first-order valence-corrected chi connectivity index (χ1v) is 8.29. The molecule has 0 aromatic heterocycles. The number of benzene rings is 1. The van der Waals surface area contributed by atoms with E-state index in [1.54, 1.807) is 11.8 Å². The van der Waals surface area contributed by atoms with Crippen molar-refractivity contribution in [3.63, 3.8) is 0 Å². The summed E-state index contributed by atoms with van der Waals surface area (Å²) < 4.78 is 12.9. The van der Waals surface area contributed by atoms with Crippen molar-refractivity contribution in [2.45, 2.75) is 31.9 Å². The van der Waals surface area contributed by atoms with Crippen LogP contribution in [0.2, 0.25) is 0 Å². The summed E-state index contributed by atoms with van der Waals surface area (Å²) in [6.07, 6.45) is 0. The van der Waals surface area contributed by atoms with E-state index in [9.17, 15) is 19.1 Å². The summed E-state index contributed by atoms with van der Waals surface area (Å²) in [6, 6.07) is 5.30. The van der Waals surface area contributed by atoms with Crippen molar-refractivity contribution in [2.75, 3.05) is 12.3 Å². The minimum atomic E-state index is -1.05. The third kappa shape index (κ3) is 5.33. The van der Waals surface area contributed by atoms with Crippen molar-refractivity contribution in [2.24, 2.45) is 5.92 Å². The van der Waals surface area contributed by atoms with Crippen molar-refractivity contribution >= 4 is 23.6 Å². The van der Waals surface area contributed by atoms with Crippen LogP contribution in [0.5, 0.6) is 0 Å². The molecule has 122 valence electrons. The highest BCUT2D eigenvalue weighted by Crippen LogP contribution is 2.20. The van der Waals surface area contributed by atoms with Crippen LogP contribution in [0.3, 0.4) is 0 Å². The number of hydrogen-bond acceptors (Lipinski definition) is 3. The highest BCUT2D eigenvalue weighted by molar-refractivity contribution is 8.00. The van der Waals surface area contributed by atoms with E-state index in [-0.39, 0.29) is 23.6 Å². The van der Waals surface area contributed by atoms with Gasteiger partial charge in [-0.3, -0.25) is 9.59 Å². The number of thioether (sulfide) groups is 1. The van der Waals surface area contributed by atoms with Gasteiger partial charge < -0.3 is 10.4 Å². The fourth-order valence-corrected chi connectivity index (χ4v) is 3.08. The first kappa shape index (κ1) is 18.5. The molecule has 2 unspecified atom stereocenters. The zero-order valence-electron chi connectivity index (χ0n) is 13.0. The molecule has 0 aliphatic rings. The minimum Gasteiger partial charge on any atom is -0.481 e. The normalized spacial score (nSPS) is 13.7. The number of rotatable bonds is 8. The highest BCUT2D eigenvalue weighted by atomic mass is 32.2. The van der Waals surface area contributed by atoms with E-state index in [1.165, 1.54) is 24.3 Å². The van der Waals surface area contributed by atoms with Gasteiger partial charge in [-0.2, -0.15) is 0 Å². The Hall–Kier alpha value is -1.56. The second kappa shape index (κ2) is 8.78. The van der Waals surface area contributed by atoms with E-state index in [0.29, 0.717) is 5.56 Å². The maximum Gasteiger partial charge on any atom is 0.312 e. The summed E-state index contributed by atoms with van der Waals surface area (Å²) in [5, 5.41) is 11.8. The number of carboxylic acids is 1. The second-order valence-electron chi connectivity index (χ2n) is 5.31. The number of halogens is 1. The average molecular weight is 327 g/mol. The molecule has 0 saturated carbocycles. The van der Waals surface area contributed by atoms with Crippen molar-refractivity contribution in [1.29, 1.82) is 0 Å². The number of hydrogen-bond donors (Lipinski definition) is 2. The Morgan fingerprint density at radius 2 is 1.86 bits per heavy atom. The first-order chi connectivity index (χ1) is 10.4. The topological polar surface area (TPSA) is 66.4 Å². The predicted octanol–water partition coefficient (Wildman–Crippen LogP) is 2.89. The van der Waals surface area contributed by atoms with Gasteiger partial charge in [0.05, 0.1) is 11.2 Å². The van der Waals surface area contributed by atoms with Crippen molar-refractivity contribution < 1.29 is 19.1 Å². The summed E-state index contributed by atoms with van der Waals surface area (Å²) in [4.78, 5) is 23.6. The fourth-order valence-electron chi connectivity index (χ4n) is 2.10. The van der Waals surface area contributed by atoms with Gasteiger partial charge in [0.2, 0.25) is 5.91 Å². The zero-order chi connectivity index (χ0) is 16.7. The lowest BCUT2D eigenvalue weighted by Gasteiger charge is -2.21. The molecule has 0 bridgehead atoms. The molecule has 6 heteroatoms. The molecule has 1 aromatic rings. The van der Waals surface area contributed by atoms with Gasteiger partial charge in [-0.15, -0.1) is 11.8 Å². The predicted molar refractivity (Wildman–Crippen MR) is 86.5 cm³/mol. The molecule has 0 aliphatic heterocycles. The summed E-state index contributed by atoms with van der Waals surface area (Å²) in [7, 11) is 0. The minimum absolute atomic E-state index is 0.00665. The Morgan fingerprint density at radius 3 is 2.32 bits per heavy atom. The Kier molecular flexibility index (Phi) is 7.38. The molecule has 0 aliphatic carbocycles. The fraction of sp³-hybridized carbons (Fsp3) is 0.500. The van der Waals surface area contributed by atoms with Crippen LogP contribution >= 0.6 is 11.8 Å². The maximum absolute atomic E-state index is 12.9. The van der Waals surface area contributed by atoms with Gasteiger partial charge in [-0.05, 0) is 29.4 Å². The van der Waals surface area contributed by atoms with Gasteiger partial charge in [-0.1, -0.05) is 32.9 Å². The van der Waals surface area contributed by atoms with E-state index in [4.69, 9.17) is 0 Å². The Balaban J connectivity index is 2.74. The van der Waals surface area contributed by atoms with Crippen LogP contribution in [-0.4, -0.2) is 34.5 Å². The van der Waals surface area contributed by atoms with E-state index in [0.717, 1.165) is 5.75 Å². The molecule has 0 spiro atoms. The first-order valence-electron chi connectivity index (χ1n) is 7.24. The van der Waals surface area contributed by atoms with Crippen molar-refractivity contribution in [1.82, 2.24) is 5.32 Å². The number of amides is 1. The molecule has 0 radical (unpaired) electrons. The van der Waals surface area contributed by atoms with Crippen molar-refractivity contribution in [3.8, 4) is 0 Å². The standard InChI is InChI=1S/C16H22FNO3S/c1-4-22-14(10(2)3)15(19)18-9-13(16(20)21)11-5-7-12(17)8-6-11/h5-8,10,13-14H,4,9H2,1-3H3,(H,18,19)(H,20,21). The van der Waals surface area contributed by atoms with Gasteiger partial charge >= 0.3 is 5.97 Å². The SMILES string of the molecule is CCSC(C(=O)NCC(C(=O)O)c1ccc(F)cc1)C(C)C. The quantitative estimate of drug-likeness (QED) is 0.770. The zero-order valence-corrected chi connectivity index (χ0v) is 13.8. The van der Waals surface area contributed by atoms with Gasteiger partial charge in [0.1, 0.15) is 5.82 Å². The van der Waals surface area contributed by atoms with E-state index in [2.05, 4.69) is 5.32 Å². The van der Waals surface area contributed by atoms with Gasteiger partial charge in [0.25, 0.3) is 0 Å². The molecule has 4 nitrogen and oxygen atoms in total. The third-order valence-corrected chi connectivity index (χ3v) is 4.71. The van der Waals surface area contributed by atoms with E-state index < -0.39 is 17.7 Å². The van der Waals surface area contributed by atoms with Gasteiger partial charge in [0, 0.05) is 6.54 Å². The molecule has 22 heavy (non-hydrogen) atoms. The summed E-state index contributed by atoms with van der Waals surface area (Å²) in [5.74, 6) is -1.53. The van der Waals surface area contributed by atoms with Crippen LogP contribution in [0.1, 0.15) is 32.3 Å². The monoisotopic (exact) mass is 327 g/mol. The Labute approximate surface area is 134 Å². The van der Waals surface area contributed by atoms with Crippen molar-refractivity contribution in [3.05, 3.63) is 35.6 Å². The Bertz CT molecular complexity index is 505. The molecule has 0 fully saturated rings. The number of carbonyl (C=O) groups is 2. The number of carbonyl (C=O) groups excluding carboxylic acids is 1. The van der Waals surface area contributed by atoms with Crippen LogP contribution in [-0.2, 0) is 9.59 Å². The number of carboxylic acid groups (broad SMARTS) is 1. The molecule has 1 amide bonds. The molecular weight excluding hydrogens is 305 g/mol. The van der Waals surface area contributed by atoms with E-state index in [1.807, 2.05) is 20.8 Å². The molecule has 0 saturated heterocycles. The summed E-state index contributed by atoms with van der Waals surface area (Å²) in [5.41, 5.74) is 0.471. The Morgan fingerprint density at radius 1 is 1.27 bits per heavy atom. The molecule has 0 heterocycles.